The van der Waals surface area contributed by atoms with Gasteiger partial charge in [-0.25, -0.2) is 9.97 Å². The van der Waals surface area contributed by atoms with Crippen LogP contribution < -0.4 is 30.7 Å². The van der Waals surface area contributed by atoms with E-state index in [1.807, 2.05) is 60.7 Å². The number of likely N-dealkylation sites (tertiary alicyclic amines) is 2. The van der Waals surface area contributed by atoms with Crippen LogP contribution >= 0.6 is 0 Å². The number of aromatic nitrogens is 2. The molecule has 0 saturated carbocycles. The SMILES string of the molecule is O=C1CC[C@@H](c2coc3ccc4c(CCN5CCOCC5)cccc4c23)C(=O)N1.O=C1CC[C@@H](c2coc3ccc4nc(OCCN5CCCC5)ccc4c23)C(=O)N1.O=C1CC[C@H](c2coc3ccc4c(CCN5CCOCC5)cccc4c23)C(=O)N1.O=C1CC[C@H](c2coc3ccc4nc(OCCN5CCCC5)ccc4c23)C(=O)N1. The first-order valence-corrected chi connectivity index (χ1v) is 40.9. The molecule has 14 heterocycles. The first-order valence-electron chi connectivity index (χ1n) is 40.9. The molecule has 0 unspecified atom stereocenters. The summed E-state index contributed by atoms with van der Waals surface area (Å²) in [7, 11) is 0. The van der Waals surface area contributed by atoms with Gasteiger partial charge in [-0.05, 0) is 172 Å². The van der Waals surface area contributed by atoms with E-state index in [9.17, 15) is 38.4 Å². The number of imide groups is 4. The van der Waals surface area contributed by atoms with Crippen LogP contribution in [-0.2, 0) is 60.7 Å². The van der Waals surface area contributed by atoms with Crippen LogP contribution in [0.25, 0.3) is 87.2 Å². The van der Waals surface area contributed by atoms with Crippen molar-refractivity contribution in [2.24, 2.45) is 0 Å². The number of carbonyl (C=O) groups excluding carboxylic acids is 8. The maximum atomic E-state index is 12.4. The molecule has 26 nitrogen and oxygen atoms in total. The minimum absolute atomic E-state index is 0.200. The predicted octanol–water partition coefficient (Wildman–Crippen LogP) is 11.9. The van der Waals surface area contributed by atoms with E-state index in [1.165, 1.54) is 47.6 Å². The van der Waals surface area contributed by atoms with E-state index in [-0.39, 0.29) is 59.1 Å². The molecule has 6 aromatic heterocycles. The van der Waals surface area contributed by atoms with Crippen molar-refractivity contribution in [2.45, 2.75) is 114 Å². The lowest BCUT2D eigenvalue weighted by atomic mass is 9.88. The van der Waals surface area contributed by atoms with Crippen LogP contribution in [-0.4, -0.2) is 195 Å². The van der Waals surface area contributed by atoms with E-state index < -0.39 is 11.8 Å². The maximum absolute atomic E-state index is 12.4. The number of carbonyl (C=O) groups is 8. The zero-order valence-corrected chi connectivity index (χ0v) is 64.9. The van der Waals surface area contributed by atoms with Crippen molar-refractivity contribution in [1.29, 1.82) is 0 Å². The second kappa shape index (κ2) is 35.1. The van der Waals surface area contributed by atoms with E-state index in [4.69, 9.17) is 36.6 Å². The van der Waals surface area contributed by atoms with Gasteiger partial charge in [0.1, 0.15) is 35.5 Å². The summed E-state index contributed by atoms with van der Waals surface area (Å²) in [5, 5.41) is 20.0. The third-order valence-electron chi connectivity index (χ3n) is 24.0. The molecular formula is C90H94N10O16. The fraction of sp³-hybridized carbons (Fsp3) is 0.400. The largest absolute Gasteiger partial charge is 0.476 e. The van der Waals surface area contributed by atoms with Crippen LogP contribution in [0, 0.1) is 0 Å². The highest BCUT2D eigenvalue weighted by molar-refractivity contribution is 6.15. The first kappa shape index (κ1) is 77.3. The number of piperidine rings is 4. The molecule has 4 atom stereocenters. The molecule has 0 aliphatic carbocycles. The summed E-state index contributed by atoms with van der Waals surface area (Å²) in [4.78, 5) is 115. The Morgan fingerprint density at radius 1 is 0.336 bits per heavy atom. The first-order chi connectivity index (χ1) is 56.8. The fourth-order valence-corrected chi connectivity index (χ4v) is 17.8. The number of pyridine rings is 2. The van der Waals surface area contributed by atoms with Gasteiger partial charge in [-0.2, -0.15) is 0 Å². The molecule has 8 fully saturated rings. The van der Waals surface area contributed by atoms with Gasteiger partial charge in [0, 0.05) is 145 Å². The van der Waals surface area contributed by atoms with Gasteiger partial charge in [0.2, 0.25) is 59.0 Å². The molecule has 6 aromatic carbocycles. The summed E-state index contributed by atoms with van der Waals surface area (Å²) in [6.45, 7) is 16.8. The molecule has 12 aromatic rings. The fourth-order valence-electron chi connectivity index (χ4n) is 17.8. The summed E-state index contributed by atoms with van der Waals surface area (Å²) in [6, 6.07) is 36.2. The minimum atomic E-state index is -0.393. The van der Waals surface area contributed by atoms with Gasteiger partial charge in [-0.1, -0.05) is 48.5 Å². The predicted molar refractivity (Wildman–Crippen MR) is 435 cm³/mol. The average Bonchev–Trinajstić information content (AvgIpc) is 1.51. The molecule has 26 heteroatoms. The lowest BCUT2D eigenvalue weighted by Gasteiger charge is -2.26. The molecule has 600 valence electrons. The number of furan rings is 4. The summed E-state index contributed by atoms with van der Waals surface area (Å²) >= 11 is 0. The highest BCUT2D eigenvalue weighted by Gasteiger charge is 2.36. The Balaban J connectivity index is 0.000000111. The number of hydrogen-bond acceptors (Lipinski definition) is 22. The lowest BCUT2D eigenvalue weighted by molar-refractivity contribution is -0.135. The second-order valence-corrected chi connectivity index (χ2v) is 31.2. The Kier molecular flexibility index (Phi) is 23.4. The molecule has 4 N–H and O–H groups in total. The molecule has 8 amide bonds. The quantitative estimate of drug-likeness (QED) is 0.0580. The average molecular weight is 1570 g/mol. The number of fused-ring (bicyclic) bond motifs is 12. The molecule has 116 heavy (non-hydrogen) atoms. The summed E-state index contributed by atoms with van der Waals surface area (Å²) in [5.74, 6) is -2.13. The topological polar surface area (TPSA) is 313 Å². The van der Waals surface area contributed by atoms with Crippen molar-refractivity contribution in [3.63, 3.8) is 0 Å². The highest BCUT2D eigenvalue weighted by Crippen LogP contribution is 2.43. The molecular weight excluding hydrogens is 1480 g/mol. The Morgan fingerprint density at radius 2 is 0.647 bits per heavy atom. The Morgan fingerprint density at radius 3 is 0.983 bits per heavy atom. The van der Waals surface area contributed by atoms with Crippen LogP contribution in [0.1, 0.15) is 134 Å². The van der Waals surface area contributed by atoms with Crippen molar-refractivity contribution in [3.8, 4) is 11.8 Å². The number of hydrogen-bond donors (Lipinski definition) is 4. The zero-order chi connectivity index (χ0) is 79.2. The van der Waals surface area contributed by atoms with Gasteiger partial charge in [-0.15, -0.1) is 0 Å². The monoisotopic (exact) mass is 1570 g/mol. The third-order valence-corrected chi connectivity index (χ3v) is 24.0. The van der Waals surface area contributed by atoms with Crippen LogP contribution in [0.5, 0.6) is 11.8 Å². The summed E-state index contributed by atoms with van der Waals surface area (Å²) < 4.78 is 45.6. The van der Waals surface area contributed by atoms with Crippen LogP contribution in [0.4, 0.5) is 0 Å². The standard InChI is InChI=1S/2C23H24N2O4.2C22H23N3O4/c2*26-21-7-5-18(23(27)24-21)19-14-29-20-6-4-16-15(2-1-3-17(16)22(19)20)8-9-25-10-12-28-13-11-25;2*26-19-7-3-14(22(27)24-19)16-13-29-18-6-5-17-15(21(16)18)4-8-20(23-17)28-12-11-25-9-1-2-10-25/h2*1-4,6,14,18H,5,7-13H2,(H,24,26,27);2*4-6,8,13-14H,1-3,7,9-12H2,(H,24,26,27)/t2*18-;2*14-/m1010/s1. The molecule has 8 aliphatic rings. The van der Waals surface area contributed by atoms with Gasteiger partial charge < -0.3 is 36.6 Å². The number of nitrogens with one attached hydrogen (secondary N) is 4. The molecule has 8 aliphatic heterocycles. The van der Waals surface area contributed by atoms with E-state index in [0.717, 1.165) is 205 Å². The minimum Gasteiger partial charge on any atom is -0.476 e. The number of nitrogens with zero attached hydrogens (tertiary/aromatic N) is 6. The number of morpholine rings is 2. The summed E-state index contributed by atoms with van der Waals surface area (Å²) in [5.41, 5.74) is 10.5. The summed E-state index contributed by atoms with van der Waals surface area (Å²) in [6.07, 6.45) is 17.0. The van der Waals surface area contributed by atoms with Gasteiger partial charge in [0.15, 0.2) is 0 Å². The van der Waals surface area contributed by atoms with Gasteiger partial charge in [-0.3, -0.25) is 79.2 Å². The number of amides is 8. The van der Waals surface area contributed by atoms with E-state index in [2.05, 4.69) is 99.4 Å². The third kappa shape index (κ3) is 16.9. The van der Waals surface area contributed by atoms with Crippen molar-refractivity contribution in [2.75, 3.05) is 118 Å². The van der Waals surface area contributed by atoms with E-state index in [1.54, 1.807) is 25.1 Å². The zero-order valence-electron chi connectivity index (χ0n) is 64.9. The molecule has 0 spiro atoms. The van der Waals surface area contributed by atoms with Crippen molar-refractivity contribution < 1.29 is 75.0 Å². The Labute approximate surface area is 668 Å². The van der Waals surface area contributed by atoms with Crippen LogP contribution in [0.3, 0.4) is 0 Å². The van der Waals surface area contributed by atoms with Crippen LogP contribution in [0.2, 0.25) is 0 Å². The number of benzene rings is 6. The molecule has 8 saturated heterocycles. The Hall–Kier alpha value is -11.3. The van der Waals surface area contributed by atoms with E-state index in [0.29, 0.717) is 87.5 Å². The van der Waals surface area contributed by atoms with Gasteiger partial charge in [0.25, 0.3) is 0 Å². The maximum Gasteiger partial charge on any atom is 0.234 e. The van der Waals surface area contributed by atoms with Crippen molar-refractivity contribution in [3.05, 3.63) is 168 Å². The number of ether oxygens (including phenoxy) is 4. The van der Waals surface area contributed by atoms with Gasteiger partial charge in [0.05, 0.1) is 86.2 Å². The van der Waals surface area contributed by atoms with E-state index >= 15 is 0 Å². The highest BCUT2D eigenvalue weighted by atomic mass is 16.5. The van der Waals surface area contributed by atoms with Crippen LogP contribution in [0.15, 0.2) is 152 Å². The molecule has 0 bridgehead atoms. The lowest BCUT2D eigenvalue weighted by Crippen LogP contribution is -2.39. The van der Waals surface area contributed by atoms with Crippen molar-refractivity contribution in [1.82, 2.24) is 50.8 Å². The van der Waals surface area contributed by atoms with Crippen molar-refractivity contribution >= 4 is 134 Å². The Bertz CT molecular complexity index is 5370. The number of rotatable bonds is 18. The normalized spacial score (nSPS) is 20.8. The molecule has 0 radical (unpaired) electrons. The second-order valence-electron chi connectivity index (χ2n) is 31.2. The van der Waals surface area contributed by atoms with Gasteiger partial charge >= 0.3 is 0 Å². The smallest absolute Gasteiger partial charge is 0.234 e. The molecule has 20 rings (SSSR count).